The molecule has 0 N–H and O–H groups in total. The van der Waals surface area contributed by atoms with E-state index in [9.17, 15) is 4.79 Å². The predicted octanol–water partition coefficient (Wildman–Crippen LogP) is 9.20. The van der Waals surface area contributed by atoms with Crippen LogP contribution in [0.2, 0.25) is 20.1 Å². The molecule has 0 fully saturated rings. The summed E-state index contributed by atoms with van der Waals surface area (Å²) in [7, 11) is 0. The van der Waals surface area contributed by atoms with Crippen molar-refractivity contribution in [2.45, 2.75) is 46.8 Å². The number of ether oxygens (including phenoxy) is 1. The number of hydrogen-bond donors (Lipinski definition) is 0. The Hall–Kier alpha value is -2.37. The van der Waals surface area contributed by atoms with Crippen LogP contribution < -0.4 is 4.90 Å². The van der Waals surface area contributed by atoms with Crippen LogP contribution in [0.1, 0.15) is 59.1 Å². The van der Waals surface area contributed by atoms with E-state index in [1.807, 2.05) is 38.1 Å². The highest BCUT2D eigenvalue weighted by Crippen LogP contribution is 2.58. The standard InChI is InChI=1S/C30H28Cl4N2O2/c1-6-35(7-2)18-13-14-20(16(4)15-18)30(23-17(5)36(8-3)21-12-10-9-11-19(21)23)24-22(29(37)38-30)25(31)27(33)28(34)26(24)32/h9-15H,6-8H2,1-5H3. The molecule has 1 aliphatic rings. The van der Waals surface area contributed by atoms with Gasteiger partial charge in [0.15, 0.2) is 5.60 Å². The highest BCUT2D eigenvalue weighted by molar-refractivity contribution is 6.53. The molecule has 0 aliphatic carbocycles. The van der Waals surface area contributed by atoms with Gasteiger partial charge in [0.1, 0.15) is 0 Å². The number of para-hydroxylation sites is 1. The Labute approximate surface area is 243 Å². The molecule has 1 aliphatic heterocycles. The van der Waals surface area contributed by atoms with Gasteiger partial charge in [0.05, 0.1) is 25.7 Å². The third-order valence-corrected chi connectivity index (χ3v) is 9.49. The summed E-state index contributed by atoms with van der Waals surface area (Å²) in [5, 5.41) is 1.28. The van der Waals surface area contributed by atoms with E-state index in [1.54, 1.807) is 0 Å². The molecule has 1 atom stereocenters. The van der Waals surface area contributed by atoms with Gasteiger partial charge in [-0.1, -0.05) is 70.7 Å². The fourth-order valence-corrected chi connectivity index (χ4v) is 7.07. The van der Waals surface area contributed by atoms with E-state index < -0.39 is 11.6 Å². The molecule has 5 rings (SSSR count). The number of carbonyl (C=O) groups is 1. The number of hydrogen-bond acceptors (Lipinski definition) is 3. The molecule has 4 nitrogen and oxygen atoms in total. The van der Waals surface area contributed by atoms with Crippen molar-refractivity contribution >= 4 is 69.0 Å². The van der Waals surface area contributed by atoms with E-state index in [1.165, 1.54) is 0 Å². The molecule has 2 heterocycles. The molecule has 1 aromatic heterocycles. The quantitative estimate of drug-likeness (QED) is 0.128. The average molecular weight is 590 g/mol. The predicted molar refractivity (Wildman–Crippen MR) is 159 cm³/mol. The third kappa shape index (κ3) is 3.68. The van der Waals surface area contributed by atoms with Crippen LogP contribution in [0.3, 0.4) is 0 Å². The summed E-state index contributed by atoms with van der Waals surface area (Å²) in [4.78, 5) is 16.0. The first-order valence-corrected chi connectivity index (χ1v) is 14.2. The maximum Gasteiger partial charge on any atom is 0.341 e. The summed E-state index contributed by atoms with van der Waals surface area (Å²) in [5.41, 5.74) is 4.82. The van der Waals surface area contributed by atoms with E-state index >= 15 is 0 Å². The van der Waals surface area contributed by atoms with Crippen molar-refractivity contribution in [3.63, 3.8) is 0 Å². The van der Waals surface area contributed by atoms with Crippen LogP contribution in [0.25, 0.3) is 10.9 Å². The molecule has 38 heavy (non-hydrogen) atoms. The molecule has 8 heteroatoms. The van der Waals surface area contributed by atoms with Crippen LogP contribution in [0.15, 0.2) is 42.5 Å². The van der Waals surface area contributed by atoms with Crippen molar-refractivity contribution < 1.29 is 9.53 Å². The topological polar surface area (TPSA) is 34.5 Å². The number of benzene rings is 3. The zero-order valence-corrected chi connectivity index (χ0v) is 24.9. The Balaban J connectivity index is 1.98. The average Bonchev–Trinajstić information content (AvgIpc) is 3.37. The van der Waals surface area contributed by atoms with Crippen molar-refractivity contribution in [3.8, 4) is 0 Å². The van der Waals surface area contributed by atoms with Gasteiger partial charge in [-0.3, -0.25) is 0 Å². The molecule has 0 spiro atoms. The Morgan fingerprint density at radius 2 is 1.53 bits per heavy atom. The molecular formula is C30H28Cl4N2O2. The third-order valence-electron chi connectivity index (χ3n) is 7.69. The molecule has 0 radical (unpaired) electrons. The zero-order valence-electron chi connectivity index (χ0n) is 21.9. The van der Waals surface area contributed by atoms with E-state index in [0.29, 0.717) is 5.56 Å². The summed E-state index contributed by atoms with van der Waals surface area (Å²) in [6.45, 7) is 12.9. The Kier molecular flexibility index (Phi) is 7.15. The van der Waals surface area contributed by atoms with Gasteiger partial charge in [-0.2, -0.15) is 0 Å². The fraction of sp³-hybridized carbons (Fsp3) is 0.300. The number of rotatable bonds is 6. The number of aromatic nitrogens is 1. The normalized spacial score (nSPS) is 16.7. The molecule has 0 bridgehead atoms. The maximum absolute atomic E-state index is 13.7. The fourth-order valence-electron chi connectivity index (χ4n) is 6.01. The summed E-state index contributed by atoms with van der Waals surface area (Å²) >= 11 is 26.7. The molecule has 1 unspecified atom stereocenters. The molecular weight excluding hydrogens is 562 g/mol. The molecule has 3 aromatic carbocycles. The SMILES string of the molecule is CCN(CC)c1ccc(C2(c3c(C)n(CC)c4ccccc34)OC(=O)c3c(Cl)c(Cl)c(Cl)c(Cl)c32)c(C)c1. The van der Waals surface area contributed by atoms with Crippen LogP contribution in [0.4, 0.5) is 5.69 Å². The number of nitrogens with zero attached hydrogens (tertiary/aromatic N) is 2. The minimum absolute atomic E-state index is 0.0335. The lowest BCUT2D eigenvalue weighted by molar-refractivity contribution is 0.0252. The summed E-state index contributed by atoms with van der Waals surface area (Å²) in [6.07, 6.45) is 0. The van der Waals surface area contributed by atoms with Gasteiger partial charge in [-0.15, -0.1) is 0 Å². The highest BCUT2D eigenvalue weighted by Gasteiger charge is 2.55. The number of cyclic esters (lactones) is 1. The van der Waals surface area contributed by atoms with E-state index in [4.69, 9.17) is 51.1 Å². The first-order valence-electron chi connectivity index (χ1n) is 12.7. The first-order chi connectivity index (χ1) is 18.1. The number of fused-ring (bicyclic) bond motifs is 2. The van der Waals surface area contributed by atoms with Crippen LogP contribution in [-0.4, -0.2) is 23.6 Å². The van der Waals surface area contributed by atoms with E-state index in [2.05, 4.69) is 48.4 Å². The maximum atomic E-state index is 13.7. The van der Waals surface area contributed by atoms with Crippen LogP contribution in [0, 0.1) is 13.8 Å². The van der Waals surface area contributed by atoms with Crippen molar-refractivity contribution in [2.75, 3.05) is 18.0 Å². The Morgan fingerprint density at radius 1 is 0.868 bits per heavy atom. The van der Waals surface area contributed by atoms with Crippen molar-refractivity contribution in [1.82, 2.24) is 4.57 Å². The first kappa shape index (κ1) is 27.2. The largest absolute Gasteiger partial charge is 0.440 e. The van der Waals surface area contributed by atoms with Gasteiger partial charge in [0.25, 0.3) is 0 Å². The number of anilines is 1. The van der Waals surface area contributed by atoms with Gasteiger partial charge in [-0.25, -0.2) is 4.79 Å². The lowest BCUT2D eigenvalue weighted by Gasteiger charge is -2.33. The van der Waals surface area contributed by atoms with Gasteiger partial charge in [0.2, 0.25) is 0 Å². The minimum Gasteiger partial charge on any atom is -0.440 e. The second-order valence-corrected chi connectivity index (χ2v) is 11.0. The molecule has 4 aromatic rings. The lowest BCUT2D eigenvalue weighted by atomic mass is 9.76. The van der Waals surface area contributed by atoms with Gasteiger partial charge >= 0.3 is 5.97 Å². The second kappa shape index (κ2) is 9.98. The molecule has 198 valence electrons. The molecule has 0 saturated heterocycles. The molecule has 0 saturated carbocycles. The number of halogens is 4. The van der Waals surface area contributed by atoms with Crippen molar-refractivity contribution in [2.24, 2.45) is 0 Å². The Bertz CT molecular complexity index is 1610. The minimum atomic E-state index is -1.39. The monoisotopic (exact) mass is 588 g/mol. The number of esters is 1. The van der Waals surface area contributed by atoms with Crippen LogP contribution >= 0.6 is 46.4 Å². The number of carbonyl (C=O) groups excluding carboxylic acids is 1. The zero-order chi connectivity index (χ0) is 27.5. The summed E-state index contributed by atoms with van der Waals surface area (Å²) in [6, 6.07) is 14.3. The number of aryl methyl sites for hydroxylation is 2. The van der Waals surface area contributed by atoms with Crippen molar-refractivity contribution in [1.29, 1.82) is 0 Å². The Morgan fingerprint density at radius 3 is 2.16 bits per heavy atom. The van der Waals surface area contributed by atoms with Crippen molar-refractivity contribution in [3.05, 3.63) is 96.1 Å². The molecule has 0 amide bonds. The van der Waals surface area contributed by atoms with Gasteiger partial charge < -0.3 is 14.2 Å². The van der Waals surface area contributed by atoms with Gasteiger partial charge in [-0.05, 0) is 58.4 Å². The summed E-state index contributed by atoms with van der Waals surface area (Å²) in [5.74, 6) is -0.592. The summed E-state index contributed by atoms with van der Waals surface area (Å²) < 4.78 is 8.70. The van der Waals surface area contributed by atoms with Crippen LogP contribution in [-0.2, 0) is 16.9 Å². The smallest absolute Gasteiger partial charge is 0.341 e. The van der Waals surface area contributed by atoms with Gasteiger partial charge in [0, 0.05) is 58.6 Å². The van der Waals surface area contributed by atoms with E-state index in [-0.39, 0.29) is 25.7 Å². The lowest BCUT2D eigenvalue weighted by Crippen LogP contribution is -2.32. The van der Waals surface area contributed by atoms with E-state index in [0.717, 1.165) is 58.6 Å². The second-order valence-electron chi connectivity index (χ2n) is 9.47. The highest BCUT2D eigenvalue weighted by atomic mass is 35.5. The van der Waals surface area contributed by atoms with Crippen LogP contribution in [0.5, 0.6) is 0 Å².